The molecule has 10 heteroatoms. The maximum atomic E-state index is 13.0. The molecular formula is C20H20F2N6O2. The minimum atomic E-state index is -2.67. The molecule has 1 saturated carbocycles. The van der Waals surface area contributed by atoms with E-state index in [-0.39, 0.29) is 30.0 Å². The number of hydrogen-bond donors (Lipinski definition) is 2. The first-order valence-corrected chi connectivity index (χ1v) is 9.46. The second-order valence-electron chi connectivity index (χ2n) is 7.18. The molecule has 2 heterocycles. The summed E-state index contributed by atoms with van der Waals surface area (Å²) in [5, 5.41) is 13.3. The molecule has 2 amide bonds. The lowest BCUT2D eigenvalue weighted by atomic mass is 10.2. The van der Waals surface area contributed by atoms with E-state index in [9.17, 15) is 18.4 Å². The summed E-state index contributed by atoms with van der Waals surface area (Å²) in [7, 11) is 1.72. The van der Waals surface area contributed by atoms with Gasteiger partial charge in [-0.3, -0.25) is 19.0 Å². The zero-order valence-corrected chi connectivity index (χ0v) is 16.2. The molecule has 30 heavy (non-hydrogen) atoms. The topological polar surface area (TPSA) is 93.8 Å². The van der Waals surface area contributed by atoms with E-state index in [1.807, 2.05) is 0 Å². The van der Waals surface area contributed by atoms with E-state index in [1.165, 1.54) is 15.4 Å². The Labute approximate surface area is 170 Å². The second-order valence-corrected chi connectivity index (χ2v) is 7.18. The largest absolute Gasteiger partial charge is 0.324 e. The van der Waals surface area contributed by atoms with Crippen LogP contribution < -0.4 is 10.6 Å². The van der Waals surface area contributed by atoms with Gasteiger partial charge in [0.15, 0.2) is 5.69 Å². The van der Waals surface area contributed by atoms with Crippen molar-refractivity contribution in [3.8, 4) is 0 Å². The molecule has 4 rings (SSSR count). The van der Waals surface area contributed by atoms with E-state index in [4.69, 9.17) is 0 Å². The Bertz CT molecular complexity index is 1070. The van der Waals surface area contributed by atoms with Crippen LogP contribution in [0.4, 0.5) is 20.2 Å². The fraction of sp³-hybridized carbons (Fsp3) is 0.300. The first kappa shape index (κ1) is 19.7. The van der Waals surface area contributed by atoms with Crippen LogP contribution in [0.3, 0.4) is 0 Å². The van der Waals surface area contributed by atoms with Gasteiger partial charge < -0.3 is 10.6 Å². The van der Waals surface area contributed by atoms with Gasteiger partial charge in [-0.05, 0) is 49.2 Å². The lowest BCUT2D eigenvalue weighted by Crippen LogP contribution is -2.21. The zero-order chi connectivity index (χ0) is 21.3. The van der Waals surface area contributed by atoms with Crippen LogP contribution in [0, 0.1) is 0 Å². The molecule has 156 valence electrons. The summed E-state index contributed by atoms with van der Waals surface area (Å²) in [6.07, 6.45) is 0.843. The van der Waals surface area contributed by atoms with Crippen LogP contribution in [0.15, 0.2) is 42.6 Å². The predicted molar refractivity (Wildman–Crippen MR) is 105 cm³/mol. The van der Waals surface area contributed by atoms with Gasteiger partial charge in [0.2, 0.25) is 5.91 Å². The average molecular weight is 414 g/mol. The molecule has 1 aliphatic carbocycles. The lowest BCUT2D eigenvalue weighted by Gasteiger charge is -2.09. The molecule has 1 aromatic carbocycles. The molecule has 0 saturated heterocycles. The van der Waals surface area contributed by atoms with Crippen LogP contribution in [0.2, 0.25) is 0 Å². The van der Waals surface area contributed by atoms with Gasteiger partial charge in [0.05, 0.1) is 0 Å². The van der Waals surface area contributed by atoms with Gasteiger partial charge in [-0.15, -0.1) is 0 Å². The standard InChI is InChI=1S/C20H20F2N6O2/c1-27-9-8-15(25-27)20(30)24-14-6-4-13(5-7-14)23-18(29)11-28-17(12-2-3-12)10-16(26-28)19(21)22/h4-10,12,19H,2-3,11H2,1H3,(H,23,29)(H,24,30). The number of halogens is 2. The van der Waals surface area contributed by atoms with Crippen molar-refractivity contribution in [3.05, 3.63) is 59.7 Å². The van der Waals surface area contributed by atoms with Crippen molar-refractivity contribution in [1.29, 1.82) is 0 Å². The molecule has 1 aliphatic rings. The maximum absolute atomic E-state index is 13.0. The van der Waals surface area contributed by atoms with Crippen molar-refractivity contribution in [2.24, 2.45) is 7.05 Å². The minimum absolute atomic E-state index is 0.142. The number of amides is 2. The monoisotopic (exact) mass is 414 g/mol. The fourth-order valence-corrected chi connectivity index (χ4v) is 3.10. The van der Waals surface area contributed by atoms with Crippen molar-refractivity contribution < 1.29 is 18.4 Å². The number of benzene rings is 1. The van der Waals surface area contributed by atoms with Gasteiger partial charge in [0.25, 0.3) is 12.3 Å². The van der Waals surface area contributed by atoms with E-state index in [2.05, 4.69) is 20.8 Å². The molecule has 0 unspecified atom stereocenters. The first-order valence-electron chi connectivity index (χ1n) is 9.46. The van der Waals surface area contributed by atoms with Crippen LogP contribution in [0.5, 0.6) is 0 Å². The number of hydrogen-bond acceptors (Lipinski definition) is 4. The normalized spacial score (nSPS) is 13.5. The smallest absolute Gasteiger partial charge is 0.282 e. The average Bonchev–Trinajstić information content (AvgIpc) is 3.31. The predicted octanol–water partition coefficient (Wildman–Crippen LogP) is 3.32. The minimum Gasteiger partial charge on any atom is -0.324 e. The number of nitrogens with one attached hydrogen (secondary N) is 2. The Kier molecular flexibility index (Phi) is 5.30. The van der Waals surface area contributed by atoms with Crippen molar-refractivity contribution in [2.75, 3.05) is 10.6 Å². The maximum Gasteiger partial charge on any atom is 0.282 e. The van der Waals surface area contributed by atoms with E-state index < -0.39 is 6.43 Å². The summed E-state index contributed by atoms with van der Waals surface area (Å²) in [4.78, 5) is 24.5. The molecule has 2 N–H and O–H groups in total. The summed E-state index contributed by atoms with van der Waals surface area (Å²) in [6, 6.07) is 9.57. The van der Waals surface area contributed by atoms with E-state index in [1.54, 1.807) is 43.6 Å². The van der Waals surface area contributed by atoms with Crippen LogP contribution in [0.1, 0.15) is 47.1 Å². The van der Waals surface area contributed by atoms with Gasteiger partial charge in [-0.1, -0.05) is 0 Å². The van der Waals surface area contributed by atoms with Crippen LogP contribution in [0.25, 0.3) is 0 Å². The molecule has 1 fully saturated rings. The number of carbonyl (C=O) groups is 2. The van der Waals surface area contributed by atoms with Gasteiger partial charge in [-0.25, -0.2) is 8.78 Å². The SMILES string of the molecule is Cn1ccc(C(=O)Nc2ccc(NC(=O)Cn3nc(C(F)F)cc3C3CC3)cc2)n1. The van der Waals surface area contributed by atoms with Crippen LogP contribution in [-0.4, -0.2) is 31.4 Å². The third kappa shape index (κ3) is 4.53. The molecule has 8 nitrogen and oxygen atoms in total. The van der Waals surface area contributed by atoms with E-state index >= 15 is 0 Å². The molecule has 0 atom stereocenters. The van der Waals surface area contributed by atoms with Crippen molar-refractivity contribution in [1.82, 2.24) is 19.6 Å². The molecule has 0 bridgehead atoms. The highest BCUT2D eigenvalue weighted by Crippen LogP contribution is 2.41. The van der Waals surface area contributed by atoms with Gasteiger partial charge in [0, 0.05) is 36.2 Å². The zero-order valence-electron chi connectivity index (χ0n) is 16.2. The lowest BCUT2D eigenvalue weighted by molar-refractivity contribution is -0.117. The summed E-state index contributed by atoms with van der Waals surface area (Å²) in [5.74, 6) is -0.514. The van der Waals surface area contributed by atoms with Gasteiger partial charge in [-0.2, -0.15) is 10.2 Å². The molecule has 0 spiro atoms. The Balaban J connectivity index is 1.36. The van der Waals surface area contributed by atoms with E-state index in [0.29, 0.717) is 22.8 Å². The fourth-order valence-electron chi connectivity index (χ4n) is 3.10. The van der Waals surface area contributed by atoms with Gasteiger partial charge >= 0.3 is 0 Å². The highest BCUT2D eigenvalue weighted by Gasteiger charge is 2.30. The summed E-state index contributed by atoms with van der Waals surface area (Å²) >= 11 is 0. The second kappa shape index (κ2) is 8.05. The van der Waals surface area contributed by atoms with Gasteiger partial charge in [0.1, 0.15) is 12.2 Å². The Morgan fingerprint density at radius 3 is 2.33 bits per heavy atom. The number of anilines is 2. The van der Waals surface area contributed by atoms with E-state index in [0.717, 1.165) is 12.8 Å². The Morgan fingerprint density at radius 1 is 1.10 bits per heavy atom. The van der Waals surface area contributed by atoms with Crippen LogP contribution in [-0.2, 0) is 18.4 Å². The number of rotatable bonds is 7. The van der Waals surface area contributed by atoms with Crippen molar-refractivity contribution in [2.45, 2.75) is 31.7 Å². The quantitative estimate of drug-likeness (QED) is 0.620. The highest BCUT2D eigenvalue weighted by atomic mass is 19.3. The highest BCUT2D eigenvalue weighted by molar-refractivity contribution is 6.03. The number of nitrogens with zero attached hydrogens (tertiary/aromatic N) is 4. The third-order valence-electron chi connectivity index (χ3n) is 4.72. The number of carbonyl (C=O) groups excluding carboxylic acids is 2. The summed E-state index contributed by atoms with van der Waals surface area (Å²) in [6.45, 7) is -0.142. The molecule has 0 aliphatic heterocycles. The molecule has 2 aromatic heterocycles. The summed E-state index contributed by atoms with van der Waals surface area (Å²) in [5.41, 5.74) is 1.73. The summed E-state index contributed by atoms with van der Waals surface area (Å²) < 4.78 is 28.8. The Hall–Kier alpha value is -3.56. The number of alkyl halides is 2. The molecular weight excluding hydrogens is 394 g/mol. The number of aryl methyl sites for hydroxylation is 1. The first-order chi connectivity index (χ1) is 14.4. The molecule has 3 aromatic rings. The van der Waals surface area contributed by atoms with Crippen LogP contribution >= 0.6 is 0 Å². The number of aromatic nitrogens is 4. The third-order valence-corrected chi connectivity index (χ3v) is 4.72. The van der Waals surface area contributed by atoms with Crippen molar-refractivity contribution >= 4 is 23.2 Å². The van der Waals surface area contributed by atoms with Crippen molar-refractivity contribution in [3.63, 3.8) is 0 Å². The Morgan fingerprint density at radius 2 is 1.77 bits per heavy atom. The molecule has 0 radical (unpaired) electrons.